The largest absolute Gasteiger partial charge is 0.376 e. The molecule has 2 aromatic carbocycles. The summed E-state index contributed by atoms with van der Waals surface area (Å²) in [5, 5.41) is 5.50. The van der Waals surface area contributed by atoms with E-state index in [0.717, 1.165) is 33.4 Å². The molecule has 0 bridgehead atoms. The SMILES string of the molecule is Cc1cc(N(CC(=O)Nc2ccccc2C(=O)NC[C@@H]2CCCO2)S(C)(=O)=O)ccc1Br. The van der Waals surface area contributed by atoms with Crippen LogP contribution in [0.25, 0.3) is 0 Å². The molecule has 0 unspecified atom stereocenters. The first kappa shape index (κ1) is 24.2. The van der Waals surface area contributed by atoms with Crippen molar-refractivity contribution in [1.82, 2.24) is 5.32 Å². The summed E-state index contributed by atoms with van der Waals surface area (Å²) in [6.45, 7) is 2.50. The molecule has 1 aliphatic heterocycles. The van der Waals surface area contributed by atoms with E-state index >= 15 is 0 Å². The zero-order valence-electron chi connectivity index (χ0n) is 17.9. The van der Waals surface area contributed by atoms with Crippen LogP contribution in [0.5, 0.6) is 0 Å². The number of rotatable bonds is 8. The van der Waals surface area contributed by atoms with Gasteiger partial charge in [-0.25, -0.2) is 8.42 Å². The van der Waals surface area contributed by atoms with E-state index in [1.165, 1.54) is 0 Å². The molecule has 0 aliphatic carbocycles. The van der Waals surface area contributed by atoms with E-state index in [-0.39, 0.29) is 12.0 Å². The van der Waals surface area contributed by atoms with Gasteiger partial charge in [0.15, 0.2) is 0 Å². The third-order valence-electron chi connectivity index (χ3n) is 5.08. The fraction of sp³-hybridized carbons (Fsp3) is 0.364. The van der Waals surface area contributed by atoms with Crippen molar-refractivity contribution >= 4 is 49.1 Å². The van der Waals surface area contributed by atoms with Crippen molar-refractivity contribution in [3.05, 3.63) is 58.1 Å². The van der Waals surface area contributed by atoms with Crippen LogP contribution in [0.2, 0.25) is 0 Å². The molecule has 0 saturated carbocycles. The highest BCUT2D eigenvalue weighted by Gasteiger charge is 2.23. The fourth-order valence-electron chi connectivity index (χ4n) is 3.40. The summed E-state index contributed by atoms with van der Waals surface area (Å²) in [5.41, 5.74) is 1.82. The lowest BCUT2D eigenvalue weighted by molar-refractivity contribution is -0.114. The molecule has 1 heterocycles. The first-order chi connectivity index (χ1) is 15.1. The van der Waals surface area contributed by atoms with Gasteiger partial charge in [0.25, 0.3) is 5.91 Å². The van der Waals surface area contributed by atoms with E-state index in [0.29, 0.717) is 30.1 Å². The zero-order chi connectivity index (χ0) is 23.3. The Bertz CT molecular complexity index is 1100. The summed E-state index contributed by atoms with van der Waals surface area (Å²) in [7, 11) is -3.72. The monoisotopic (exact) mass is 523 g/mol. The minimum Gasteiger partial charge on any atom is -0.376 e. The molecule has 1 fully saturated rings. The summed E-state index contributed by atoms with van der Waals surface area (Å²) in [6, 6.07) is 11.6. The average Bonchev–Trinajstić information content (AvgIpc) is 3.26. The van der Waals surface area contributed by atoms with Crippen LogP contribution in [0.15, 0.2) is 46.9 Å². The molecule has 0 aromatic heterocycles. The summed E-state index contributed by atoms with van der Waals surface area (Å²) in [4.78, 5) is 25.4. The van der Waals surface area contributed by atoms with E-state index in [1.807, 2.05) is 6.92 Å². The maximum absolute atomic E-state index is 12.8. The number of aryl methyl sites for hydroxylation is 1. The summed E-state index contributed by atoms with van der Waals surface area (Å²) in [6.07, 6.45) is 2.92. The van der Waals surface area contributed by atoms with Gasteiger partial charge in [-0.3, -0.25) is 13.9 Å². The number of carbonyl (C=O) groups excluding carboxylic acids is 2. The predicted molar refractivity (Wildman–Crippen MR) is 127 cm³/mol. The second kappa shape index (κ2) is 10.5. The molecule has 172 valence electrons. The molecule has 1 aliphatic rings. The minimum atomic E-state index is -3.72. The Morgan fingerprint density at radius 1 is 1.22 bits per heavy atom. The Balaban J connectivity index is 1.72. The van der Waals surface area contributed by atoms with Gasteiger partial charge >= 0.3 is 0 Å². The van der Waals surface area contributed by atoms with Gasteiger partial charge < -0.3 is 15.4 Å². The Morgan fingerprint density at radius 3 is 2.62 bits per heavy atom. The van der Waals surface area contributed by atoms with Crippen LogP contribution < -0.4 is 14.9 Å². The van der Waals surface area contributed by atoms with E-state index < -0.39 is 22.5 Å². The highest BCUT2D eigenvalue weighted by atomic mass is 79.9. The molecular weight excluding hydrogens is 498 g/mol. The maximum Gasteiger partial charge on any atom is 0.253 e. The van der Waals surface area contributed by atoms with Crippen LogP contribution in [-0.4, -0.2) is 52.3 Å². The highest BCUT2D eigenvalue weighted by Crippen LogP contribution is 2.25. The van der Waals surface area contributed by atoms with Crippen LogP contribution in [0.1, 0.15) is 28.8 Å². The number of sulfonamides is 1. The van der Waals surface area contributed by atoms with E-state index in [9.17, 15) is 18.0 Å². The minimum absolute atomic E-state index is 0.00149. The lowest BCUT2D eigenvalue weighted by Gasteiger charge is -2.23. The Kier molecular flexibility index (Phi) is 7.91. The van der Waals surface area contributed by atoms with Crippen molar-refractivity contribution in [3.63, 3.8) is 0 Å². The first-order valence-corrected chi connectivity index (χ1v) is 12.8. The standard InChI is InChI=1S/C22H26BrN3O5S/c1-15-12-16(9-10-19(15)23)26(32(2,29)30)14-21(27)25-20-8-4-3-7-18(20)22(28)24-13-17-6-5-11-31-17/h3-4,7-10,12,17H,5-6,11,13-14H2,1-2H3,(H,24,28)(H,25,27)/t17-/m0/s1. The normalized spacial score (nSPS) is 15.9. The number of carbonyl (C=O) groups is 2. The molecule has 0 spiro atoms. The number of nitrogens with one attached hydrogen (secondary N) is 2. The quantitative estimate of drug-likeness (QED) is 0.553. The number of ether oxygens (including phenoxy) is 1. The van der Waals surface area contributed by atoms with Crippen molar-refractivity contribution < 1.29 is 22.7 Å². The number of nitrogens with zero attached hydrogens (tertiary/aromatic N) is 1. The molecule has 2 aromatic rings. The van der Waals surface area contributed by atoms with Gasteiger partial charge in [0.2, 0.25) is 15.9 Å². The van der Waals surface area contributed by atoms with Crippen molar-refractivity contribution in [2.24, 2.45) is 0 Å². The fourth-order valence-corrected chi connectivity index (χ4v) is 4.50. The van der Waals surface area contributed by atoms with Gasteiger partial charge in [-0.2, -0.15) is 0 Å². The lowest BCUT2D eigenvalue weighted by Crippen LogP contribution is -2.38. The molecule has 32 heavy (non-hydrogen) atoms. The van der Waals surface area contributed by atoms with Crippen molar-refractivity contribution in [2.75, 3.05) is 35.6 Å². The smallest absolute Gasteiger partial charge is 0.253 e. The summed E-state index contributed by atoms with van der Waals surface area (Å²) in [5.74, 6) is -0.893. The van der Waals surface area contributed by atoms with Gasteiger partial charge in [0.1, 0.15) is 6.54 Å². The van der Waals surface area contributed by atoms with E-state index in [1.54, 1.807) is 42.5 Å². The van der Waals surface area contributed by atoms with Gasteiger partial charge in [0, 0.05) is 17.6 Å². The van der Waals surface area contributed by atoms with Crippen LogP contribution in [0.4, 0.5) is 11.4 Å². The summed E-state index contributed by atoms with van der Waals surface area (Å²) < 4.78 is 32.1. The predicted octanol–water partition coefficient (Wildman–Crippen LogP) is 3.07. The van der Waals surface area contributed by atoms with Crippen molar-refractivity contribution in [1.29, 1.82) is 0 Å². The number of hydrogen-bond donors (Lipinski definition) is 2. The number of hydrogen-bond acceptors (Lipinski definition) is 5. The Labute approximate surface area is 196 Å². The Hall–Kier alpha value is -2.43. The van der Waals surface area contributed by atoms with Crippen LogP contribution in [-0.2, 0) is 19.6 Å². The topological polar surface area (TPSA) is 105 Å². The number of halogens is 1. The van der Waals surface area contributed by atoms with E-state index in [2.05, 4.69) is 26.6 Å². The number of para-hydroxylation sites is 1. The molecular formula is C22H26BrN3O5S. The van der Waals surface area contributed by atoms with Crippen LogP contribution in [0, 0.1) is 6.92 Å². The third kappa shape index (κ3) is 6.30. The van der Waals surface area contributed by atoms with Crippen molar-refractivity contribution in [2.45, 2.75) is 25.9 Å². The molecule has 1 saturated heterocycles. The van der Waals surface area contributed by atoms with Gasteiger partial charge in [-0.05, 0) is 55.7 Å². The first-order valence-electron chi connectivity index (χ1n) is 10.2. The second-order valence-electron chi connectivity index (χ2n) is 7.64. The third-order valence-corrected chi connectivity index (χ3v) is 7.11. The number of amides is 2. The van der Waals surface area contributed by atoms with Gasteiger partial charge in [-0.1, -0.05) is 28.1 Å². The maximum atomic E-state index is 12.8. The molecule has 10 heteroatoms. The zero-order valence-corrected chi connectivity index (χ0v) is 20.3. The van der Waals surface area contributed by atoms with Gasteiger partial charge in [-0.15, -0.1) is 0 Å². The summed E-state index contributed by atoms with van der Waals surface area (Å²) >= 11 is 3.39. The average molecular weight is 524 g/mol. The van der Waals surface area contributed by atoms with Crippen LogP contribution >= 0.6 is 15.9 Å². The second-order valence-corrected chi connectivity index (χ2v) is 10.4. The number of benzene rings is 2. The lowest BCUT2D eigenvalue weighted by atomic mass is 10.1. The molecule has 8 nitrogen and oxygen atoms in total. The number of anilines is 2. The van der Waals surface area contributed by atoms with Gasteiger partial charge in [0.05, 0.1) is 29.3 Å². The molecule has 2 N–H and O–H groups in total. The van der Waals surface area contributed by atoms with Crippen LogP contribution in [0.3, 0.4) is 0 Å². The molecule has 0 radical (unpaired) electrons. The van der Waals surface area contributed by atoms with Crippen molar-refractivity contribution in [3.8, 4) is 0 Å². The van der Waals surface area contributed by atoms with E-state index in [4.69, 9.17) is 4.74 Å². The molecule has 3 rings (SSSR count). The highest BCUT2D eigenvalue weighted by molar-refractivity contribution is 9.10. The molecule has 1 atom stereocenters. The molecule has 2 amide bonds. The Morgan fingerprint density at radius 2 is 1.97 bits per heavy atom.